The Morgan fingerprint density at radius 1 is 1.30 bits per heavy atom. The number of hydrogen-bond donors (Lipinski definition) is 1. The third kappa shape index (κ3) is 5.98. The first kappa shape index (κ1) is 22.1. The van der Waals surface area contributed by atoms with E-state index in [1.54, 1.807) is 30.3 Å². The van der Waals surface area contributed by atoms with Crippen molar-refractivity contribution >= 4 is 46.7 Å². The van der Waals surface area contributed by atoms with Crippen LogP contribution in [-0.4, -0.2) is 31.4 Å². The number of rotatable bonds is 9. The first-order valence-corrected chi connectivity index (χ1v) is 10.7. The van der Waals surface area contributed by atoms with E-state index in [4.69, 9.17) is 27.9 Å². The number of nitrogens with one attached hydrogen (secondary N) is 1. The topological polar surface area (TPSA) is 81.9 Å². The van der Waals surface area contributed by atoms with Crippen LogP contribution in [-0.2, 0) is 17.9 Å². The summed E-state index contributed by atoms with van der Waals surface area (Å²) in [5.41, 5.74) is 0.930. The molecular formula is C20H19Cl2N5O2S. The number of aryl methyl sites for hydroxylation is 1. The summed E-state index contributed by atoms with van der Waals surface area (Å²) in [5, 5.41) is 12.9. The molecule has 0 fully saturated rings. The minimum Gasteiger partial charge on any atom is -0.486 e. The second-order valence-electron chi connectivity index (χ2n) is 6.20. The molecule has 0 atom stereocenters. The molecule has 0 saturated carbocycles. The molecule has 2 aromatic heterocycles. The number of allylic oxidation sites excluding steroid dienone is 1. The smallest absolute Gasteiger partial charge is 0.236 e. The van der Waals surface area contributed by atoms with Crippen molar-refractivity contribution in [3.63, 3.8) is 0 Å². The van der Waals surface area contributed by atoms with E-state index in [2.05, 4.69) is 27.1 Å². The predicted molar refractivity (Wildman–Crippen MR) is 119 cm³/mol. The van der Waals surface area contributed by atoms with Crippen molar-refractivity contribution in [2.75, 3.05) is 11.1 Å². The van der Waals surface area contributed by atoms with Gasteiger partial charge in [-0.05, 0) is 42.8 Å². The Kier molecular flexibility index (Phi) is 7.73. The average Bonchev–Trinajstić information content (AvgIpc) is 3.11. The molecule has 3 aromatic rings. The van der Waals surface area contributed by atoms with Gasteiger partial charge >= 0.3 is 0 Å². The summed E-state index contributed by atoms with van der Waals surface area (Å²) in [4.78, 5) is 16.2. The molecule has 0 unspecified atom stereocenters. The monoisotopic (exact) mass is 463 g/mol. The number of thioether (sulfide) groups is 1. The van der Waals surface area contributed by atoms with Gasteiger partial charge in [-0.3, -0.25) is 9.36 Å². The van der Waals surface area contributed by atoms with E-state index in [1.165, 1.54) is 18.0 Å². The number of anilines is 1. The van der Waals surface area contributed by atoms with Crippen LogP contribution in [0.15, 0.2) is 54.3 Å². The zero-order valence-corrected chi connectivity index (χ0v) is 18.5. The molecule has 7 nitrogen and oxygen atoms in total. The van der Waals surface area contributed by atoms with Gasteiger partial charge in [0.25, 0.3) is 0 Å². The van der Waals surface area contributed by atoms with Crippen molar-refractivity contribution in [3.05, 3.63) is 70.6 Å². The molecule has 1 N–H and O–H groups in total. The van der Waals surface area contributed by atoms with Crippen LogP contribution < -0.4 is 10.1 Å². The third-order valence-corrected chi connectivity index (χ3v) is 5.54. The fourth-order valence-corrected chi connectivity index (χ4v) is 3.45. The van der Waals surface area contributed by atoms with Gasteiger partial charge in [0.05, 0.1) is 10.8 Å². The lowest BCUT2D eigenvalue weighted by Crippen LogP contribution is -2.15. The summed E-state index contributed by atoms with van der Waals surface area (Å²) < 4.78 is 7.67. The molecule has 0 saturated heterocycles. The lowest BCUT2D eigenvalue weighted by Gasteiger charge is -2.10. The highest BCUT2D eigenvalue weighted by atomic mass is 35.5. The highest BCUT2D eigenvalue weighted by Gasteiger charge is 2.14. The van der Waals surface area contributed by atoms with Gasteiger partial charge < -0.3 is 10.1 Å². The molecule has 1 aromatic carbocycles. The highest BCUT2D eigenvalue weighted by Crippen LogP contribution is 2.23. The maximum absolute atomic E-state index is 12.2. The van der Waals surface area contributed by atoms with Gasteiger partial charge in [0.15, 0.2) is 11.0 Å². The average molecular weight is 464 g/mol. The maximum atomic E-state index is 12.2. The van der Waals surface area contributed by atoms with Crippen LogP contribution in [0.1, 0.15) is 11.4 Å². The molecule has 2 heterocycles. The van der Waals surface area contributed by atoms with Crippen molar-refractivity contribution in [2.45, 2.75) is 25.2 Å². The highest BCUT2D eigenvalue weighted by molar-refractivity contribution is 7.99. The lowest BCUT2D eigenvalue weighted by molar-refractivity contribution is -0.113. The maximum Gasteiger partial charge on any atom is 0.236 e. The molecule has 1 amide bonds. The molecule has 0 aliphatic carbocycles. The summed E-state index contributed by atoms with van der Waals surface area (Å²) in [6.45, 7) is 6.41. The van der Waals surface area contributed by atoms with Gasteiger partial charge in [0.1, 0.15) is 18.2 Å². The standard InChI is InChI=1S/C20H19Cl2N5O2S/c1-3-8-27-18(11-29-15-5-6-16(22)13(2)9-15)25-26-20(27)30-12-19(28)24-17-7-4-14(21)10-23-17/h3-7,9-10H,1,8,11-12H2,2H3,(H,23,24,28). The van der Waals surface area contributed by atoms with Gasteiger partial charge in [-0.1, -0.05) is 41.0 Å². The first-order chi connectivity index (χ1) is 14.5. The molecule has 3 rings (SSSR count). The second kappa shape index (κ2) is 10.5. The van der Waals surface area contributed by atoms with Crippen LogP contribution in [0.4, 0.5) is 5.82 Å². The Hall–Kier alpha value is -2.55. The number of ether oxygens (including phenoxy) is 1. The molecule has 10 heteroatoms. The molecule has 30 heavy (non-hydrogen) atoms. The van der Waals surface area contributed by atoms with E-state index in [9.17, 15) is 4.79 Å². The number of nitrogens with zero attached hydrogens (tertiary/aromatic N) is 4. The molecule has 0 aliphatic heterocycles. The number of carbonyl (C=O) groups excluding carboxylic acids is 1. The van der Waals surface area contributed by atoms with Gasteiger partial charge in [-0.25, -0.2) is 4.98 Å². The summed E-state index contributed by atoms with van der Waals surface area (Å²) >= 11 is 13.1. The van der Waals surface area contributed by atoms with E-state index >= 15 is 0 Å². The van der Waals surface area contributed by atoms with Crippen LogP contribution in [0.5, 0.6) is 5.75 Å². The molecule has 0 spiro atoms. The number of pyridine rings is 1. The van der Waals surface area contributed by atoms with Crippen LogP contribution in [0.3, 0.4) is 0 Å². The van der Waals surface area contributed by atoms with Crippen LogP contribution >= 0.6 is 35.0 Å². The van der Waals surface area contributed by atoms with E-state index in [0.29, 0.717) is 39.1 Å². The van der Waals surface area contributed by atoms with E-state index in [-0.39, 0.29) is 18.3 Å². The molecule has 0 bridgehead atoms. The lowest BCUT2D eigenvalue weighted by atomic mass is 10.2. The number of benzene rings is 1. The summed E-state index contributed by atoms with van der Waals surface area (Å²) in [6, 6.07) is 8.75. The largest absolute Gasteiger partial charge is 0.486 e. The van der Waals surface area contributed by atoms with Crippen molar-refractivity contribution in [3.8, 4) is 5.75 Å². The van der Waals surface area contributed by atoms with Crippen molar-refractivity contribution in [2.24, 2.45) is 0 Å². The van der Waals surface area contributed by atoms with Crippen LogP contribution in [0.25, 0.3) is 0 Å². The summed E-state index contributed by atoms with van der Waals surface area (Å²) in [7, 11) is 0. The number of carbonyl (C=O) groups is 1. The van der Waals surface area contributed by atoms with Gasteiger partial charge in [-0.2, -0.15) is 0 Å². The normalized spacial score (nSPS) is 10.6. The summed E-state index contributed by atoms with van der Waals surface area (Å²) in [6.07, 6.45) is 3.21. The first-order valence-electron chi connectivity index (χ1n) is 8.92. The number of aromatic nitrogens is 4. The third-order valence-electron chi connectivity index (χ3n) is 3.93. The molecule has 156 valence electrons. The van der Waals surface area contributed by atoms with E-state index in [0.717, 1.165) is 5.56 Å². The summed E-state index contributed by atoms with van der Waals surface area (Å²) in [5.74, 6) is 1.69. The quantitative estimate of drug-likeness (QED) is 0.363. The molecule has 0 aliphatic rings. The van der Waals surface area contributed by atoms with Gasteiger partial charge in [0, 0.05) is 17.8 Å². The zero-order valence-electron chi connectivity index (χ0n) is 16.1. The Balaban J connectivity index is 1.61. The van der Waals surface area contributed by atoms with Crippen LogP contribution in [0, 0.1) is 6.92 Å². The molecular weight excluding hydrogens is 445 g/mol. The predicted octanol–water partition coefficient (Wildman–Crippen LogP) is 4.78. The Bertz CT molecular complexity index is 1040. The van der Waals surface area contributed by atoms with Gasteiger partial charge in [0.2, 0.25) is 5.91 Å². The van der Waals surface area contributed by atoms with Gasteiger partial charge in [-0.15, -0.1) is 16.8 Å². The minimum absolute atomic E-state index is 0.150. The van der Waals surface area contributed by atoms with E-state index < -0.39 is 0 Å². The minimum atomic E-state index is -0.211. The van der Waals surface area contributed by atoms with E-state index in [1.807, 2.05) is 17.6 Å². The SMILES string of the molecule is C=CCn1c(COc2ccc(Cl)c(C)c2)nnc1SCC(=O)Nc1ccc(Cl)cn1. The fraction of sp³-hybridized carbons (Fsp3) is 0.200. The molecule has 0 radical (unpaired) electrons. The Morgan fingerprint density at radius 2 is 2.13 bits per heavy atom. The Labute approximate surface area is 188 Å². The second-order valence-corrected chi connectivity index (χ2v) is 7.98. The zero-order chi connectivity index (χ0) is 21.5. The Morgan fingerprint density at radius 3 is 2.83 bits per heavy atom. The number of amides is 1. The fourth-order valence-electron chi connectivity index (χ4n) is 2.46. The number of halogens is 2. The van der Waals surface area contributed by atoms with Crippen molar-refractivity contribution in [1.82, 2.24) is 19.7 Å². The van der Waals surface area contributed by atoms with Crippen LogP contribution in [0.2, 0.25) is 10.0 Å². The van der Waals surface area contributed by atoms with Crippen molar-refractivity contribution in [1.29, 1.82) is 0 Å². The number of hydrogen-bond acceptors (Lipinski definition) is 6. The van der Waals surface area contributed by atoms with Crippen molar-refractivity contribution < 1.29 is 9.53 Å².